The molecule has 4 nitrogen and oxygen atoms in total. The van der Waals surface area contributed by atoms with Crippen LogP contribution >= 0.6 is 0 Å². The molecule has 1 aliphatic rings. The van der Waals surface area contributed by atoms with Crippen molar-refractivity contribution >= 4 is 5.84 Å². The van der Waals surface area contributed by atoms with Crippen molar-refractivity contribution in [3.05, 3.63) is 12.3 Å². The Balaban J connectivity index is 2.82. The fourth-order valence-corrected chi connectivity index (χ4v) is 1.88. The van der Waals surface area contributed by atoms with Gasteiger partial charge in [0.2, 0.25) is 0 Å². The maximum Gasteiger partial charge on any atom is 0.118 e. The minimum absolute atomic E-state index is 0.120. The van der Waals surface area contributed by atoms with Gasteiger partial charge in [-0.15, -0.1) is 0 Å². The van der Waals surface area contributed by atoms with E-state index in [1.165, 1.54) is 0 Å². The lowest BCUT2D eigenvalue weighted by Gasteiger charge is -2.29. The second-order valence-corrected chi connectivity index (χ2v) is 4.47. The highest BCUT2D eigenvalue weighted by Crippen LogP contribution is 2.18. The van der Waals surface area contributed by atoms with Crippen molar-refractivity contribution in [2.45, 2.75) is 31.8 Å². The van der Waals surface area contributed by atoms with Crippen LogP contribution in [0.2, 0.25) is 0 Å². The summed E-state index contributed by atoms with van der Waals surface area (Å²) >= 11 is 0. The smallest absolute Gasteiger partial charge is 0.118 e. The van der Waals surface area contributed by atoms with E-state index in [4.69, 9.17) is 11.1 Å². The Hall–Kier alpha value is -0.870. The monoisotopic (exact) mass is 210 g/mol. The Labute approximate surface area is 92.2 Å². The topological polar surface area (TPSA) is 56.4 Å². The van der Waals surface area contributed by atoms with Gasteiger partial charge >= 0.3 is 0 Å². The molecule has 0 radical (unpaired) electrons. The van der Waals surface area contributed by atoms with E-state index in [0.29, 0.717) is 5.84 Å². The summed E-state index contributed by atoms with van der Waals surface area (Å²) in [4.78, 5) is 4.08. The summed E-state index contributed by atoms with van der Waals surface area (Å²) in [6, 6.07) is 0.242. The lowest BCUT2D eigenvalue weighted by Crippen LogP contribution is -2.45. The van der Waals surface area contributed by atoms with Crippen LogP contribution in [0.1, 0.15) is 19.8 Å². The Morgan fingerprint density at radius 2 is 2.20 bits per heavy atom. The molecule has 0 aliphatic carbocycles. The van der Waals surface area contributed by atoms with Gasteiger partial charge in [-0.3, -0.25) is 10.3 Å². The van der Waals surface area contributed by atoms with Crippen LogP contribution in [0.3, 0.4) is 0 Å². The SMILES string of the molecule is C=C1CCN(C)C(C[C@@H](C)N)C(=N)N1C. The molecule has 1 rings (SSSR count). The predicted molar refractivity (Wildman–Crippen MR) is 63.9 cm³/mol. The summed E-state index contributed by atoms with van der Waals surface area (Å²) in [6.45, 7) is 6.92. The lowest BCUT2D eigenvalue weighted by atomic mass is 10.1. The Morgan fingerprint density at radius 1 is 1.60 bits per heavy atom. The first-order chi connectivity index (χ1) is 6.93. The van der Waals surface area contributed by atoms with Crippen molar-refractivity contribution in [2.24, 2.45) is 5.73 Å². The molecule has 0 aromatic rings. The zero-order valence-corrected chi connectivity index (χ0v) is 9.95. The third-order valence-electron chi connectivity index (χ3n) is 3.03. The molecule has 15 heavy (non-hydrogen) atoms. The maximum atomic E-state index is 8.11. The molecule has 1 heterocycles. The van der Waals surface area contributed by atoms with Crippen LogP contribution in [0, 0.1) is 5.41 Å². The standard InChI is InChI=1S/C11H22N4/c1-8(12)7-10-11(13)15(4)9(2)5-6-14(10)3/h8,10,13H,2,5-7,12H2,1,3-4H3/t8-,10?/m1/s1. The van der Waals surface area contributed by atoms with Gasteiger partial charge in [0.25, 0.3) is 0 Å². The van der Waals surface area contributed by atoms with Gasteiger partial charge in [0.1, 0.15) is 5.84 Å². The van der Waals surface area contributed by atoms with E-state index in [1.807, 2.05) is 25.9 Å². The second kappa shape index (κ2) is 4.77. The molecule has 0 saturated carbocycles. The minimum atomic E-state index is 0.120. The van der Waals surface area contributed by atoms with Crippen molar-refractivity contribution < 1.29 is 0 Å². The zero-order chi connectivity index (χ0) is 11.6. The molecule has 0 spiro atoms. The molecule has 0 aromatic heterocycles. The number of hydrogen-bond acceptors (Lipinski definition) is 3. The van der Waals surface area contributed by atoms with Gasteiger partial charge < -0.3 is 10.6 Å². The highest BCUT2D eigenvalue weighted by atomic mass is 15.3. The Kier molecular flexibility index (Phi) is 3.88. The first-order valence-electron chi connectivity index (χ1n) is 5.39. The molecule has 1 fully saturated rings. The van der Waals surface area contributed by atoms with Crippen molar-refractivity contribution in [1.29, 1.82) is 5.41 Å². The van der Waals surface area contributed by atoms with Gasteiger partial charge in [0.05, 0.1) is 6.04 Å². The van der Waals surface area contributed by atoms with Crippen LogP contribution in [0.25, 0.3) is 0 Å². The summed E-state index contributed by atoms with van der Waals surface area (Å²) in [5.74, 6) is 0.609. The van der Waals surface area contributed by atoms with Crippen LogP contribution in [0.4, 0.5) is 0 Å². The third-order valence-corrected chi connectivity index (χ3v) is 3.03. The second-order valence-electron chi connectivity index (χ2n) is 4.47. The van der Waals surface area contributed by atoms with E-state index in [0.717, 1.165) is 25.1 Å². The van der Waals surface area contributed by atoms with Gasteiger partial charge in [-0.05, 0) is 26.8 Å². The number of amidine groups is 1. The summed E-state index contributed by atoms with van der Waals surface area (Å²) in [7, 11) is 3.96. The van der Waals surface area contributed by atoms with Crippen LogP contribution in [0.15, 0.2) is 12.3 Å². The van der Waals surface area contributed by atoms with Crippen LogP contribution < -0.4 is 5.73 Å². The van der Waals surface area contributed by atoms with E-state index in [-0.39, 0.29) is 12.1 Å². The highest BCUT2D eigenvalue weighted by molar-refractivity contribution is 5.86. The number of nitrogens with two attached hydrogens (primary N) is 1. The first-order valence-corrected chi connectivity index (χ1v) is 5.39. The minimum Gasteiger partial charge on any atom is -0.336 e. The molecule has 86 valence electrons. The average Bonchev–Trinajstić information content (AvgIpc) is 2.25. The molecular formula is C11H22N4. The number of likely N-dealkylation sites (N-methyl/N-ethyl adjacent to an activating group) is 2. The van der Waals surface area contributed by atoms with Gasteiger partial charge in [0, 0.05) is 25.3 Å². The molecular weight excluding hydrogens is 188 g/mol. The van der Waals surface area contributed by atoms with E-state index >= 15 is 0 Å². The van der Waals surface area contributed by atoms with Crippen molar-refractivity contribution in [3.8, 4) is 0 Å². The fourth-order valence-electron chi connectivity index (χ4n) is 1.88. The molecule has 2 atom stereocenters. The molecule has 1 aliphatic heterocycles. The van der Waals surface area contributed by atoms with Gasteiger partial charge in [-0.2, -0.15) is 0 Å². The number of rotatable bonds is 2. The van der Waals surface area contributed by atoms with E-state index in [2.05, 4.69) is 11.5 Å². The van der Waals surface area contributed by atoms with E-state index < -0.39 is 0 Å². The summed E-state index contributed by atoms with van der Waals surface area (Å²) in [6.07, 6.45) is 1.75. The predicted octanol–water partition coefficient (Wildman–Crippen LogP) is 0.851. The van der Waals surface area contributed by atoms with Crippen molar-refractivity contribution in [2.75, 3.05) is 20.6 Å². The summed E-state index contributed by atoms with van der Waals surface area (Å²) in [5, 5.41) is 8.11. The maximum absolute atomic E-state index is 8.11. The largest absolute Gasteiger partial charge is 0.336 e. The van der Waals surface area contributed by atoms with Gasteiger partial charge in [-0.1, -0.05) is 6.58 Å². The summed E-state index contributed by atoms with van der Waals surface area (Å²) < 4.78 is 0. The Bertz CT molecular complexity index is 259. The van der Waals surface area contributed by atoms with Gasteiger partial charge in [-0.25, -0.2) is 0 Å². The van der Waals surface area contributed by atoms with Crippen molar-refractivity contribution in [1.82, 2.24) is 9.80 Å². The quantitative estimate of drug-likeness (QED) is 0.710. The molecule has 1 saturated heterocycles. The van der Waals surface area contributed by atoms with Gasteiger partial charge in [0.15, 0.2) is 0 Å². The number of nitrogens with one attached hydrogen (secondary N) is 1. The fraction of sp³-hybridized carbons (Fsp3) is 0.727. The first kappa shape index (κ1) is 12.2. The zero-order valence-electron chi connectivity index (χ0n) is 9.95. The van der Waals surface area contributed by atoms with Crippen LogP contribution in [-0.2, 0) is 0 Å². The highest BCUT2D eigenvalue weighted by Gasteiger charge is 2.27. The third kappa shape index (κ3) is 2.79. The number of nitrogens with zero attached hydrogens (tertiary/aromatic N) is 2. The summed E-state index contributed by atoms with van der Waals surface area (Å²) in [5.41, 5.74) is 6.83. The lowest BCUT2D eigenvalue weighted by molar-refractivity contribution is 0.282. The number of hydrogen-bond donors (Lipinski definition) is 2. The molecule has 3 N–H and O–H groups in total. The average molecular weight is 210 g/mol. The van der Waals surface area contributed by atoms with Crippen molar-refractivity contribution in [3.63, 3.8) is 0 Å². The van der Waals surface area contributed by atoms with E-state index in [1.54, 1.807) is 0 Å². The van der Waals surface area contributed by atoms with Crippen LogP contribution in [-0.4, -0.2) is 48.4 Å². The molecule has 0 bridgehead atoms. The molecule has 1 unspecified atom stereocenters. The molecule has 4 heteroatoms. The normalized spacial score (nSPS) is 26.7. The molecule has 0 amide bonds. The Morgan fingerprint density at radius 3 is 2.73 bits per heavy atom. The van der Waals surface area contributed by atoms with Crippen LogP contribution in [0.5, 0.6) is 0 Å². The van der Waals surface area contributed by atoms with E-state index in [9.17, 15) is 0 Å². The molecule has 0 aromatic carbocycles.